The molecule has 3 aromatic carbocycles. The number of benzene rings is 3. The van der Waals surface area contributed by atoms with E-state index in [2.05, 4.69) is 30.4 Å². The molecule has 4 nitrogen and oxygen atoms in total. The Hall–Kier alpha value is -3.40. The van der Waals surface area contributed by atoms with Crippen molar-refractivity contribution < 1.29 is 4.79 Å². The monoisotopic (exact) mass is 355 g/mol. The summed E-state index contributed by atoms with van der Waals surface area (Å²) in [5, 5.41) is 11.3. The summed E-state index contributed by atoms with van der Waals surface area (Å²) >= 11 is 0. The predicted molar refractivity (Wildman–Crippen MR) is 107 cm³/mol. The third-order valence-corrected chi connectivity index (χ3v) is 5.12. The third kappa shape index (κ3) is 2.70. The summed E-state index contributed by atoms with van der Waals surface area (Å²) in [5.74, 6) is -0.0510. The number of carbonyl (C=O) groups is 1. The van der Waals surface area contributed by atoms with Crippen molar-refractivity contribution >= 4 is 11.9 Å². The van der Waals surface area contributed by atoms with Crippen LogP contribution in [0.2, 0.25) is 0 Å². The maximum Gasteiger partial charge on any atom is 0.264 e. The minimum absolute atomic E-state index is 0.102. The molecule has 1 fully saturated rings. The van der Waals surface area contributed by atoms with Crippen LogP contribution in [0.25, 0.3) is 11.1 Å². The van der Waals surface area contributed by atoms with E-state index in [-0.39, 0.29) is 11.9 Å². The smallest absolute Gasteiger partial charge is 0.264 e. The number of aryl methyl sites for hydroxylation is 1. The maximum atomic E-state index is 13.3. The average molecular weight is 355 g/mol. The van der Waals surface area contributed by atoms with Gasteiger partial charge in [0.05, 0.1) is 0 Å². The van der Waals surface area contributed by atoms with E-state index >= 15 is 0 Å². The molecule has 0 bridgehead atoms. The normalized spacial score (nSPS) is 19.3. The van der Waals surface area contributed by atoms with Crippen molar-refractivity contribution in [2.24, 2.45) is 0 Å². The summed E-state index contributed by atoms with van der Waals surface area (Å²) in [5.41, 5.74) is 3.90. The van der Waals surface area contributed by atoms with Crippen molar-refractivity contribution in [2.75, 3.05) is 7.05 Å². The van der Waals surface area contributed by atoms with Crippen LogP contribution in [0.1, 0.15) is 16.7 Å². The van der Waals surface area contributed by atoms with Crippen LogP contribution in [0, 0.1) is 12.3 Å². The number of guanidine groups is 1. The van der Waals surface area contributed by atoms with Crippen LogP contribution in [-0.4, -0.2) is 23.8 Å². The largest absolute Gasteiger partial charge is 0.334 e. The van der Waals surface area contributed by atoms with Crippen LogP contribution >= 0.6 is 0 Å². The molecule has 1 atom stereocenters. The quantitative estimate of drug-likeness (QED) is 0.749. The Kier molecular flexibility index (Phi) is 4.04. The molecular formula is C23H21N3O. The number of amides is 1. The number of likely N-dealkylation sites (N-methyl/N-ethyl adjacent to an activating group) is 1. The molecule has 4 heteroatoms. The van der Waals surface area contributed by atoms with Gasteiger partial charge in [0.2, 0.25) is 0 Å². The molecule has 0 radical (unpaired) electrons. The summed E-state index contributed by atoms with van der Waals surface area (Å²) < 4.78 is 0. The zero-order valence-corrected chi connectivity index (χ0v) is 15.4. The van der Waals surface area contributed by atoms with Crippen LogP contribution in [-0.2, 0) is 10.3 Å². The lowest BCUT2D eigenvalue weighted by molar-refractivity contribution is -0.129. The van der Waals surface area contributed by atoms with Gasteiger partial charge in [0.1, 0.15) is 0 Å². The van der Waals surface area contributed by atoms with Gasteiger partial charge in [0.25, 0.3) is 5.91 Å². The van der Waals surface area contributed by atoms with Crippen LogP contribution < -0.4 is 5.32 Å². The lowest BCUT2D eigenvalue weighted by atomic mass is 9.81. The van der Waals surface area contributed by atoms with Crippen LogP contribution in [0.4, 0.5) is 0 Å². The van der Waals surface area contributed by atoms with Gasteiger partial charge < -0.3 is 5.32 Å². The van der Waals surface area contributed by atoms with Gasteiger partial charge in [-0.15, -0.1) is 0 Å². The van der Waals surface area contributed by atoms with Crippen LogP contribution in [0.5, 0.6) is 0 Å². The third-order valence-electron chi connectivity index (χ3n) is 5.12. The molecule has 1 saturated heterocycles. The molecule has 27 heavy (non-hydrogen) atoms. The topological polar surface area (TPSA) is 56.2 Å². The van der Waals surface area contributed by atoms with E-state index in [0.29, 0.717) is 0 Å². The SMILES string of the molecule is Cc1cccc(-c2cccc(C3(c4ccccc4)NC(=N)N(C)C3=O)c2)c1. The molecule has 1 aliphatic rings. The van der Waals surface area contributed by atoms with Crippen molar-refractivity contribution in [1.82, 2.24) is 10.2 Å². The first-order chi connectivity index (χ1) is 13.0. The van der Waals surface area contributed by atoms with Crippen LogP contribution in [0.3, 0.4) is 0 Å². The van der Waals surface area contributed by atoms with E-state index in [1.54, 1.807) is 7.05 Å². The van der Waals surface area contributed by atoms with Gasteiger partial charge in [-0.3, -0.25) is 15.1 Å². The first kappa shape index (κ1) is 17.0. The summed E-state index contributed by atoms with van der Waals surface area (Å²) in [4.78, 5) is 14.6. The zero-order valence-electron chi connectivity index (χ0n) is 15.4. The minimum Gasteiger partial charge on any atom is -0.334 e. The summed E-state index contributed by atoms with van der Waals surface area (Å²) in [6, 6.07) is 25.9. The maximum absolute atomic E-state index is 13.3. The lowest BCUT2D eigenvalue weighted by Gasteiger charge is -2.28. The fourth-order valence-electron chi connectivity index (χ4n) is 3.67. The second-order valence-corrected chi connectivity index (χ2v) is 6.90. The second kappa shape index (κ2) is 6.40. The summed E-state index contributed by atoms with van der Waals surface area (Å²) in [7, 11) is 1.63. The summed E-state index contributed by atoms with van der Waals surface area (Å²) in [6.45, 7) is 2.07. The average Bonchev–Trinajstić information content (AvgIpc) is 2.94. The van der Waals surface area contributed by atoms with Crippen molar-refractivity contribution in [3.05, 3.63) is 95.6 Å². The molecular weight excluding hydrogens is 334 g/mol. The van der Waals surface area contributed by atoms with Gasteiger partial charge in [-0.05, 0) is 35.2 Å². The van der Waals surface area contributed by atoms with Crippen LogP contribution in [0.15, 0.2) is 78.9 Å². The van der Waals surface area contributed by atoms with Crippen molar-refractivity contribution in [1.29, 1.82) is 5.41 Å². The Labute approximate surface area is 159 Å². The van der Waals surface area contributed by atoms with Gasteiger partial charge in [-0.25, -0.2) is 0 Å². The van der Waals surface area contributed by atoms with Crippen molar-refractivity contribution in [3.8, 4) is 11.1 Å². The Morgan fingerprint density at radius 1 is 0.852 bits per heavy atom. The highest BCUT2D eigenvalue weighted by molar-refractivity contribution is 6.10. The molecule has 0 aliphatic carbocycles. The number of nitrogens with one attached hydrogen (secondary N) is 2. The van der Waals surface area contributed by atoms with Crippen molar-refractivity contribution in [3.63, 3.8) is 0 Å². The second-order valence-electron chi connectivity index (χ2n) is 6.90. The Morgan fingerprint density at radius 2 is 1.48 bits per heavy atom. The molecule has 4 rings (SSSR count). The molecule has 1 aliphatic heterocycles. The first-order valence-electron chi connectivity index (χ1n) is 8.90. The number of nitrogens with zero attached hydrogens (tertiary/aromatic N) is 1. The number of hydrogen-bond acceptors (Lipinski definition) is 2. The highest BCUT2D eigenvalue weighted by atomic mass is 16.2. The molecule has 0 saturated carbocycles. The minimum atomic E-state index is -1.09. The lowest BCUT2D eigenvalue weighted by Crippen LogP contribution is -2.45. The number of carbonyl (C=O) groups excluding carboxylic acids is 1. The highest BCUT2D eigenvalue weighted by Crippen LogP contribution is 2.37. The molecule has 1 amide bonds. The van der Waals surface area contributed by atoms with E-state index in [0.717, 1.165) is 22.3 Å². The molecule has 2 N–H and O–H groups in total. The van der Waals surface area contributed by atoms with Gasteiger partial charge in [0, 0.05) is 7.05 Å². The predicted octanol–water partition coefficient (Wildman–Crippen LogP) is 3.90. The molecule has 0 aromatic heterocycles. The zero-order chi connectivity index (χ0) is 19.0. The Bertz CT molecular complexity index is 1030. The highest BCUT2D eigenvalue weighted by Gasteiger charge is 2.50. The van der Waals surface area contributed by atoms with Gasteiger partial charge in [0.15, 0.2) is 11.5 Å². The fraction of sp³-hybridized carbons (Fsp3) is 0.130. The molecule has 1 unspecified atom stereocenters. The standard InChI is InChI=1S/C23H21N3O/c1-16-8-6-9-17(14-16)18-10-7-13-20(15-18)23(19-11-4-3-5-12-19)21(27)26(2)22(24)25-23/h3-15H,1-2H3,(H2,24,25). The molecule has 1 heterocycles. The molecule has 3 aromatic rings. The van der Waals surface area contributed by atoms with E-state index in [9.17, 15) is 4.79 Å². The number of hydrogen-bond donors (Lipinski definition) is 2. The van der Waals surface area contributed by atoms with Gasteiger partial charge in [-0.1, -0.05) is 78.4 Å². The van der Waals surface area contributed by atoms with E-state index in [1.165, 1.54) is 10.5 Å². The van der Waals surface area contributed by atoms with Gasteiger partial charge in [-0.2, -0.15) is 0 Å². The Morgan fingerprint density at radius 3 is 2.11 bits per heavy atom. The van der Waals surface area contributed by atoms with Gasteiger partial charge >= 0.3 is 0 Å². The fourth-order valence-corrected chi connectivity index (χ4v) is 3.67. The molecule has 0 spiro atoms. The van der Waals surface area contributed by atoms with E-state index in [4.69, 9.17) is 5.41 Å². The number of rotatable bonds is 3. The summed E-state index contributed by atoms with van der Waals surface area (Å²) in [6.07, 6.45) is 0. The molecule has 134 valence electrons. The Balaban J connectivity index is 1.91. The first-order valence-corrected chi connectivity index (χ1v) is 8.90. The van der Waals surface area contributed by atoms with Crippen molar-refractivity contribution in [2.45, 2.75) is 12.5 Å². The van der Waals surface area contributed by atoms with E-state index in [1.807, 2.05) is 60.7 Å². The van der Waals surface area contributed by atoms with E-state index < -0.39 is 5.54 Å².